The van der Waals surface area contributed by atoms with Gasteiger partial charge in [0.15, 0.2) is 9.84 Å². The van der Waals surface area contributed by atoms with Crippen LogP contribution >= 0.6 is 12.4 Å². The molecule has 27 heavy (non-hydrogen) atoms. The molecule has 0 bridgehead atoms. The third-order valence-electron chi connectivity index (χ3n) is 4.92. The van der Waals surface area contributed by atoms with Crippen LogP contribution in [0.15, 0.2) is 23.1 Å². The molecule has 9 heteroatoms. The van der Waals surface area contributed by atoms with E-state index >= 15 is 0 Å². The number of rotatable bonds is 6. The topological polar surface area (TPSA) is 116 Å². The van der Waals surface area contributed by atoms with E-state index in [0.29, 0.717) is 6.54 Å². The molecule has 0 aromatic heterocycles. The van der Waals surface area contributed by atoms with Crippen molar-refractivity contribution in [1.29, 1.82) is 0 Å². The molecule has 1 amide bonds. The van der Waals surface area contributed by atoms with Gasteiger partial charge in [-0.05, 0) is 43.0 Å². The summed E-state index contributed by atoms with van der Waals surface area (Å²) in [6.07, 6.45) is 6.41. The average molecular weight is 419 g/mol. The third kappa shape index (κ3) is 6.19. The molecule has 1 fully saturated rings. The molecule has 1 saturated carbocycles. The molecule has 0 saturated heterocycles. The Morgan fingerprint density at radius 3 is 2.33 bits per heavy atom. The van der Waals surface area contributed by atoms with Gasteiger partial charge in [-0.2, -0.15) is 0 Å². The molecule has 3 N–H and O–H groups in total. The van der Waals surface area contributed by atoms with Gasteiger partial charge in [-0.15, -0.1) is 12.4 Å². The standard InChI is InChI=1S/C18H26N2O5S.ClH/c1-25-17(22)13-8-14(10-15(9-13)26(2,23)24)20-16(21)11-18(12-19)6-4-3-5-7-18;/h8-10H,3-7,11-12,19H2,1-2H3,(H,20,21);1H. The van der Waals surface area contributed by atoms with Crippen molar-refractivity contribution in [3.05, 3.63) is 23.8 Å². The lowest BCUT2D eigenvalue weighted by Crippen LogP contribution is -2.36. The molecule has 1 aliphatic carbocycles. The minimum atomic E-state index is -3.55. The Kier molecular flexibility index (Phi) is 8.25. The number of carbonyl (C=O) groups excluding carboxylic acids is 2. The average Bonchev–Trinajstić information content (AvgIpc) is 2.60. The molecular weight excluding hydrogens is 392 g/mol. The monoisotopic (exact) mass is 418 g/mol. The van der Waals surface area contributed by atoms with E-state index in [4.69, 9.17) is 5.73 Å². The Labute approximate surface area is 166 Å². The smallest absolute Gasteiger partial charge is 0.337 e. The highest BCUT2D eigenvalue weighted by Gasteiger charge is 2.33. The quantitative estimate of drug-likeness (QED) is 0.686. The van der Waals surface area contributed by atoms with Crippen molar-refractivity contribution in [2.24, 2.45) is 11.1 Å². The zero-order valence-corrected chi connectivity index (χ0v) is 17.2. The molecular formula is C18H27ClN2O5S. The molecule has 0 heterocycles. The molecule has 1 aliphatic rings. The molecule has 0 spiro atoms. The molecule has 1 aromatic rings. The zero-order valence-electron chi connectivity index (χ0n) is 15.6. The number of hydrogen-bond donors (Lipinski definition) is 2. The summed E-state index contributed by atoms with van der Waals surface area (Å²) >= 11 is 0. The van der Waals surface area contributed by atoms with Gasteiger partial charge in [-0.1, -0.05) is 19.3 Å². The highest BCUT2D eigenvalue weighted by Crippen LogP contribution is 2.38. The van der Waals surface area contributed by atoms with Crippen molar-refractivity contribution < 1.29 is 22.7 Å². The second kappa shape index (κ2) is 9.52. The van der Waals surface area contributed by atoms with Crippen LogP contribution in [0.4, 0.5) is 5.69 Å². The molecule has 7 nitrogen and oxygen atoms in total. The molecule has 0 atom stereocenters. The van der Waals surface area contributed by atoms with E-state index in [1.807, 2.05) is 0 Å². The minimum Gasteiger partial charge on any atom is -0.465 e. The van der Waals surface area contributed by atoms with E-state index in [-0.39, 0.29) is 46.3 Å². The summed E-state index contributed by atoms with van der Waals surface area (Å²) in [5.41, 5.74) is 6.03. The van der Waals surface area contributed by atoms with Crippen LogP contribution in [-0.2, 0) is 19.4 Å². The zero-order chi connectivity index (χ0) is 19.4. The number of hydrogen-bond acceptors (Lipinski definition) is 6. The van der Waals surface area contributed by atoms with Gasteiger partial charge >= 0.3 is 5.97 Å². The van der Waals surface area contributed by atoms with Gasteiger partial charge in [0.25, 0.3) is 0 Å². The van der Waals surface area contributed by atoms with Crippen LogP contribution in [0.2, 0.25) is 0 Å². The van der Waals surface area contributed by atoms with Crippen LogP contribution in [0.1, 0.15) is 48.9 Å². The number of ether oxygens (including phenoxy) is 1. The Balaban J connectivity index is 0.00000364. The second-order valence-corrected chi connectivity index (χ2v) is 9.02. The molecule has 0 radical (unpaired) electrons. The second-order valence-electron chi connectivity index (χ2n) is 7.00. The van der Waals surface area contributed by atoms with E-state index in [9.17, 15) is 18.0 Å². The first-order chi connectivity index (χ1) is 12.2. The van der Waals surface area contributed by atoms with E-state index in [1.54, 1.807) is 0 Å². The maximum Gasteiger partial charge on any atom is 0.337 e. The van der Waals surface area contributed by atoms with Crippen molar-refractivity contribution in [2.45, 2.75) is 43.4 Å². The number of sulfone groups is 1. The molecule has 152 valence electrons. The van der Waals surface area contributed by atoms with Crippen LogP contribution in [-0.4, -0.2) is 40.2 Å². The first-order valence-corrected chi connectivity index (χ1v) is 10.5. The van der Waals surface area contributed by atoms with Gasteiger partial charge in [-0.3, -0.25) is 4.79 Å². The van der Waals surface area contributed by atoms with Crippen molar-refractivity contribution >= 4 is 39.8 Å². The summed E-state index contributed by atoms with van der Waals surface area (Å²) < 4.78 is 28.4. The van der Waals surface area contributed by atoms with Gasteiger partial charge < -0.3 is 15.8 Å². The van der Waals surface area contributed by atoms with Crippen LogP contribution < -0.4 is 11.1 Å². The number of benzene rings is 1. The first kappa shape index (κ1) is 23.4. The lowest BCUT2D eigenvalue weighted by Gasteiger charge is -2.35. The summed E-state index contributed by atoms with van der Waals surface area (Å²) in [6, 6.07) is 3.99. The Morgan fingerprint density at radius 2 is 1.81 bits per heavy atom. The summed E-state index contributed by atoms with van der Waals surface area (Å²) in [6.45, 7) is 0.442. The number of amides is 1. The van der Waals surface area contributed by atoms with Crippen molar-refractivity contribution in [1.82, 2.24) is 0 Å². The lowest BCUT2D eigenvalue weighted by atomic mass is 9.71. The van der Waals surface area contributed by atoms with Crippen molar-refractivity contribution in [3.8, 4) is 0 Å². The molecule has 0 aliphatic heterocycles. The molecule has 0 unspecified atom stereocenters. The van der Waals surface area contributed by atoms with Crippen molar-refractivity contribution in [2.75, 3.05) is 25.2 Å². The highest BCUT2D eigenvalue weighted by atomic mass is 35.5. The SMILES string of the molecule is COC(=O)c1cc(NC(=O)CC2(CN)CCCCC2)cc(S(C)(=O)=O)c1.Cl. The van der Waals surface area contributed by atoms with Crippen LogP contribution in [0.5, 0.6) is 0 Å². The minimum absolute atomic E-state index is 0. The maximum atomic E-state index is 12.5. The Morgan fingerprint density at radius 1 is 1.19 bits per heavy atom. The van der Waals surface area contributed by atoms with E-state index in [2.05, 4.69) is 10.1 Å². The summed E-state index contributed by atoms with van der Waals surface area (Å²) in [7, 11) is -2.34. The summed E-state index contributed by atoms with van der Waals surface area (Å²) in [5.74, 6) is -0.907. The predicted octanol–water partition coefficient (Wildman–Crippen LogP) is 2.54. The van der Waals surface area contributed by atoms with Crippen LogP contribution in [0.25, 0.3) is 0 Å². The third-order valence-corrected chi connectivity index (χ3v) is 6.01. The van der Waals surface area contributed by atoms with Crippen LogP contribution in [0.3, 0.4) is 0 Å². The highest BCUT2D eigenvalue weighted by molar-refractivity contribution is 7.90. The Hall–Kier alpha value is -1.64. The number of nitrogens with two attached hydrogens (primary N) is 1. The predicted molar refractivity (Wildman–Crippen MR) is 106 cm³/mol. The van der Waals surface area contributed by atoms with Gasteiger partial charge in [0.1, 0.15) is 0 Å². The van der Waals surface area contributed by atoms with Gasteiger partial charge in [-0.25, -0.2) is 13.2 Å². The normalized spacial score (nSPS) is 16.1. The Bertz CT molecular complexity index is 789. The van der Waals surface area contributed by atoms with Crippen LogP contribution in [0, 0.1) is 5.41 Å². The lowest BCUT2D eigenvalue weighted by molar-refractivity contribution is -0.118. The summed E-state index contributed by atoms with van der Waals surface area (Å²) in [4.78, 5) is 24.3. The van der Waals surface area contributed by atoms with Gasteiger partial charge in [0.05, 0.1) is 17.6 Å². The summed E-state index contributed by atoms with van der Waals surface area (Å²) in [5, 5.41) is 2.71. The number of nitrogens with one attached hydrogen (secondary N) is 1. The van der Waals surface area contributed by atoms with E-state index in [1.165, 1.54) is 25.3 Å². The van der Waals surface area contributed by atoms with Gasteiger partial charge in [0.2, 0.25) is 5.91 Å². The first-order valence-electron chi connectivity index (χ1n) is 8.62. The van der Waals surface area contributed by atoms with E-state index < -0.39 is 15.8 Å². The van der Waals surface area contributed by atoms with Gasteiger partial charge in [0, 0.05) is 18.4 Å². The fraction of sp³-hybridized carbons (Fsp3) is 0.556. The van der Waals surface area contributed by atoms with E-state index in [0.717, 1.165) is 38.4 Å². The molecule has 1 aromatic carbocycles. The fourth-order valence-electron chi connectivity index (χ4n) is 3.42. The number of esters is 1. The largest absolute Gasteiger partial charge is 0.465 e. The van der Waals surface area contributed by atoms with Crippen molar-refractivity contribution in [3.63, 3.8) is 0 Å². The number of anilines is 1. The maximum absolute atomic E-state index is 12.5. The number of halogens is 1. The number of carbonyl (C=O) groups is 2. The fourth-order valence-corrected chi connectivity index (χ4v) is 4.10. The molecule has 2 rings (SSSR count). The number of methoxy groups -OCH3 is 1.